The molecule has 1 aliphatic heterocycles. The Kier molecular flexibility index (Phi) is 3.27. The molecule has 2 rings (SSSR count). The molecule has 1 atom stereocenters. The van der Waals surface area contributed by atoms with Gasteiger partial charge in [-0.2, -0.15) is 0 Å². The van der Waals surface area contributed by atoms with Gasteiger partial charge in [0.05, 0.1) is 0 Å². The lowest BCUT2D eigenvalue weighted by atomic mass is 10.1. The van der Waals surface area contributed by atoms with Crippen LogP contribution in [0.4, 0.5) is 5.69 Å². The van der Waals surface area contributed by atoms with Crippen molar-refractivity contribution in [2.75, 3.05) is 18.0 Å². The van der Waals surface area contributed by atoms with Crippen molar-refractivity contribution in [3.05, 3.63) is 29.8 Å². The van der Waals surface area contributed by atoms with Crippen LogP contribution in [0.5, 0.6) is 0 Å². The highest BCUT2D eigenvalue weighted by atomic mass is 15.2. The zero-order chi connectivity index (χ0) is 10.7. The Bertz CT molecular complexity index is 322. The highest BCUT2D eigenvalue weighted by Crippen LogP contribution is 2.27. The van der Waals surface area contributed by atoms with Crippen molar-refractivity contribution in [3.8, 4) is 0 Å². The fourth-order valence-electron chi connectivity index (χ4n) is 2.34. The van der Waals surface area contributed by atoms with Gasteiger partial charge in [0.1, 0.15) is 0 Å². The molecular formula is C13H20N2. The first kappa shape index (κ1) is 10.5. The lowest BCUT2D eigenvalue weighted by molar-refractivity contribution is 0.588. The minimum atomic E-state index is 0.321. The molecule has 15 heavy (non-hydrogen) atoms. The van der Waals surface area contributed by atoms with Crippen molar-refractivity contribution in [1.82, 2.24) is 0 Å². The monoisotopic (exact) mass is 204 g/mol. The van der Waals surface area contributed by atoms with Crippen molar-refractivity contribution in [2.45, 2.75) is 32.2 Å². The highest BCUT2D eigenvalue weighted by Gasteiger charge is 2.19. The molecule has 1 unspecified atom stereocenters. The summed E-state index contributed by atoms with van der Waals surface area (Å²) in [4.78, 5) is 2.43. The van der Waals surface area contributed by atoms with Crippen molar-refractivity contribution < 1.29 is 0 Å². The van der Waals surface area contributed by atoms with Crippen LogP contribution < -0.4 is 10.6 Å². The summed E-state index contributed by atoms with van der Waals surface area (Å²) in [5.74, 6) is 0. The predicted molar refractivity (Wildman–Crippen MR) is 65.2 cm³/mol. The number of hydrogen-bond donors (Lipinski definition) is 1. The molecular weight excluding hydrogens is 184 g/mol. The molecule has 0 saturated carbocycles. The van der Waals surface area contributed by atoms with Gasteiger partial charge in [-0.05, 0) is 24.5 Å². The number of hydrogen-bond acceptors (Lipinski definition) is 2. The lowest BCUT2D eigenvalue weighted by Gasteiger charge is -2.23. The quantitative estimate of drug-likeness (QED) is 0.814. The minimum Gasteiger partial charge on any atom is -0.369 e. The molecule has 1 aliphatic rings. The molecule has 0 aliphatic carbocycles. The van der Waals surface area contributed by atoms with Gasteiger partial charge in [-0.15, -0.1) is 0 Å². The van der Waals surface area contributed by atoms with E-state index in [2.05, 4.69) is 36.1 Å². The van der Waals surface area contributed by atoms with Gasteiger partial charge >= 0.3 is 0 Å². The molecule has 0 radical (unpaired) electrons. The number of benzene rings is 1. The van der Waals surface area contributed by atoms with E-state index in [0.717, 1.165) is 19.5 Å². The van der Waals surface area contributed by atoms with E-state index in [1.165, 1.54) is 24.1 Å². The average Bonchev–Trinajstić information content (AvgIpc) is 2.62. The molecule has 0 spiro atoms. The van der Waals surface area contributed by atoms with E-state index in [0.29, 0.717) is 6.04 Å². The molecule has 0 aromatic heterocycles. The summed E-state index contributed by atoms with van der Waals surface area (Å²) in [5.41, 5.74) is 8.95. The first-order valence-corrected chi connectivity index (χ1v) is 5.89. The molecule has 0 amide bonds. The van der Waals surface area contributed by atoms with Crippen LogP contribution in [-0.4, -0.2) is 19.1 Å². The van der Waals surface area contributed by atoms with Gasteiger partial charge in [0.15, 0.2) is 0 Å². The summed E-state index contributed by atoms with van der Waals surface area (Å²) in [6.07, 6.45) is 3.48. The lowest BCUT2D eigenvalue weighted by Crippen LogP contribution is -2.36. The molecule has 0 bridgehead atoms. The van der Waals surface area contributed by atoms with Crippen LogP contribution in [0.3, 0.4) is 0 Å². The second-order valence-corrected chi connectivity index (χ2v) is 4.37. The summed E-state index contributed by atoms with van der Waals surface area (Å²) in [6, 6.07) is 8.99. The fourth-order valence-corrected chi connectivity index (χ4v) is 2.34. The Morgan fingerprint density at radius 2 is 2.20 bits per heavy atom. The standard InChI is InChI=1S/C13H20N2/c1-2-5-12(14)10-15-9-8-11-6-3-4-7-13(11)15/h3-4,6-7,12H,2,5,8-10,14H2,1H3. The molecule has 0 saturated heterocycles. The molecule has 82 valence electrons. The van der Waals surface area contributed by atoms with Crippen molar-refractivity contribution >= 4 is 5.69 Å². The maximum atomic E-state index is 6.08. The first-order chi connectivity index (χ1) is 7.31. The number of nitrogens with two attached hydrogens (primary N) is 1. The highest BCUT2D eigenvalue weighted by molar-refractivity contribution is 5.57. The number of anilines is 1. The third-order valence-electron chi connectivity index (χ3n) is 3.10. The van der Waals surface area contributed by atoms with Gasteiger partial charge in [-0.25, -0.2) is 0 Å². The summed E-state index contributed by atoms with van der Waals surface area (Å²) >= 11 is 0. The maximum Gasteiger partial charge on any atom is 0.0400 e. The van der Waals surface area contributed by atoms with E-state index in [4.69, 9.17) is 5.73 Å². The molecule has 2 N–H and O–H groups in total. The topological polar surface area (TPSA) is 29.3 Å². The Hall–Kier alpha value is -1.02. The molecule has 1 heterocycles. The van der Waals surface area contributed by atoms with Gasteiger partial charge in [-0.3, -0.25) is 0 Å². The maximum absolute atomic E-state index is 6.08. The molecule has 1 aromatic rings. The van der Waals surface area contributed by atoms with E-state index in [-0.39, 0.29) is 0 Å². The summed E-state index contributed by atoms with van der Waals surface area (Å²) in [7, 11) is 0. The number of fused-ring (bicyclic) bond motifs is 1. The zero-order valence-electron chi connectivity index (χ0n) is 9.45. The first-order valence-electron chi connectivity index (χ1n) is 5.89. The third-order valence-corrected chi connectivity index (χ3v) is 3.10. The number of nitrogens with zero attached hydrogens (tertiary/aromatic N) is 1. The van der Waals surface area contributed by atoms with Crippen LogP contribution in [0.25, 0.3) is 0 Å². The van der Waals surface area contributed by atoms with E-state index >= 15 is 0 Å². The predicted octanol–water partition coefficient (Wildman–Crippen LogP) is 2.18. The van der Waals surface area contributed by atoms with E-state index < -0.39 is 0 Å². The largest absolute Gasteiger partial charge is 0.369 e. The van der Waals surface area contributed by atoms with Gasteiger partial charge in [0.2, 0.25) is 0 Å². The van der Waals surface area contributed by atoms with Gasteiger partial charge < -0.3 is 10.6 Å². The van der Waals surface area contributed by atoms with Crippen LogP contribution >= 0.6 is 0 Å². The normalized spacial score (nSPS) is 16.5. The Morgan fingerprint density at radius 1 is 1.40 bits per heavy atom. The smallest absolute Gasteiger partial charge is 0.0400 e. The van der Waals surface area contributed by atoms with Gasteiger partial charge in [0, 0.05) is 24.8 Å². The average molecular weight is 204 g/mol. The minimum absolute atomic E-state index is 0.321. The summed E-state index contributed by atoms with van der Waals surface area (Å²) in [5, 5.41) is 0. The van der Waals surface area contributed by atoms with Crippen LogP contribution in [0, 0.1) is 0 Å². The van der Waals surface area contributed by atoms with E-state index in [1.807, 2.05) is 0 Å². The molecule has 2 heteroatoms. The second-order valence-electron chi connectivity index (χ2n) is 4.37. The van der Waals surface area contributed by atoms with Crippen LogP contribution in [0.2, 0.25) is 0 Å². The Labute approximate surface area is 92.1 Å². The van der Waals surface area contributed by atoms with E-state index in [9.17, 15) is 0 Å². The summed E-state index contributed by atoms with van der Waals surface area (Å²) < 4.78 is 0. The van der Waals surface area contributed by atoms with Crippen LogP contribution in [0.15, 0.2) is 24.3 Å². The van der Waals surface area contributed by atoms with Gasteiger partial charge in [-0.1, -0.05) is 31.5 Å². The molecule has 2 nitrogen and oxygen atoms in total. The van der Waals surface area contributed by atoms with E-state index in [1.54, 1.807) is 0 Å². The van der Waals surface area contributed by atoms with Crippen LogP contribution in [-0.2, 0) is 6.42 Å². The Balaban J connectivity index is 2.01. The number of para-hydroxylation sites is 1. The summed E-state index contributed by atoms with van der Waals surface area (Å²) in [6.45, 7) is 4.33. The van der Waals surface area contributed by atoms with Crippen molar-refractivity contribution in [2.24, 2.45) is 5.73 Å². The third kappa shape index (κ3) is 2.32. The molecule has 0 fully saturated rings. The van der Waals surface area contributed by atoms with Crippen molar-refractivity contribution in [1.29, 1.82) is 0 Å². The fraction of sp³-hybridized carbons (Fsp3) is 0.538. The number of rotatable bonds is 4. The van der Waals surface area contributed by atoms with Crippen LogP contribution in [0.1, 0.15) is 25.3 Å². The second kappa shape index (κ2) is 4.67. The zero-order valence-corrected chi connectivity index (χ0v) is 9.45. The van der Waals surface area contributed by atoms with Gasteiger partial charge in [0.25, 0.3) is 0 Å². The molecule has 1 aromatic carbocycles. The van der Waals surface area contributed by atoms with Crippen molar-refractivity contribution in [3.63, 3.8) is 0 Å². The SMILES string of the molecule is CCCC(N)CN1CCc2ccccc21. The Morgan fingerprint density at radius 3 is 3.00 bits per heavy atom.